The lowest BCUT2D eigenvalue weighted by atomic mass is 9.78. The minimum absolute atomic E-state index is 0.381. The van der Waals surface area contributed by atoms with Gasteiger partial charge in [-0.2, -0.15) is 0 Å². The summed E-state index contributed by atoms with van der Waals surface area (Å²) in [6.45, 7) is 7.02. The van der Waals surface area contributed by atoms with E-state index in [0.717, 1.165) is 0 Å². The number of benzene rings is 5. The molecule has 1 unspecified atom stereocenters. The zero-order valence-electron chi connectivity index (χ0n) is 22.0. The van der Waals surface area contributed by atoms with E-state index in [4.69, 9.17) is 0 Å². The number of hydrogen-bond donors (Lipinski definition) is 0. The van der Waals surface area contributed by atoms with Crippen molar-refractivity contribution in [3.63, 3.8) is 0 Å². The second-order valence-electron chi connectivity index (χ2n) is 10.7. The third kappa shape index (κ3) is 3.50. The highest BCUT2D eigenvalue weighted by Gasteiger charge is 2.30. The van der Waals surface area contributed by atoms with Crippen molar-refractivity contribution in [3.05, 3.63) is 132 Å². The Morgan fingerprint density at radius 1 is 0.553 bits per heavy atom. The molecule has 0 spiro atoms. The monoisotopic (exact) mass is 506 g/mol. The predicted octanol–water partition coefficient (Wildman–Crippen LogP) is 11.2. The first-order chi connectivity index (χ1) is 18.6. The molecule has 0 nitrogen and oxygen atoms in total. The van der Waals surface area contributed by atoms with Gasteiger partial charge in [0.2, 0.25) is 0 Å². The van der Waals surface area contributed by atoms with Crippen molar-refractivity contribution in [2.45, 2.75) is 32.6 Å². The van der Waals surface area contributed by atoms with E-state index >= 15 is 0 Å². The summed E-state index contributed by atoms with van der Waals surface area (Å²) in [4.78, 5) is 2.80. The summed E-state index contributed by atoms with van der Waals surface area (Å²) in [6.07, 6.45) is 0. The van der Waals surface area contributed by atoms with Gasteiger partial charge in [-0.15, -0.1) is 11.3 Å². The van der Waals surface area contributed by atoms with Crippen molar-refractivity contribution in [1.29, 1.82) is 0 Å². The van der Waals surface area contributed by atoms with Gasteiger partial charge >= 0.3 is 0 Å². The molecule has 1 aromatic heterocycles. The summed E-state index contributed by atoms with van der Waals surface area (Å²) in [7, 11) is 0. The number of hydrogen-bond acceptors (Lipinski definition) is 1. The van der Waals surface area contributed by atoms with Crippen LogP contribution in [0.2, 0.25) is 0 Å². The third-order valence-electron chi connectivity index (χ3n) is 8.14. The van der Waals surface area contributed by atoms with E-state index in [0.29, 0.717) is 11.8 Å². The van der Waals surface area contributed by atoms with Crippen LogP contribution in [0, 0.1) is 0 Å². The number of rotatable bonds is 4. The number of fused-ring (bicyclic) bond motifs is 2. The zero-order valence-corrected chi connectivity index (χ0v) is 22.8. The highest BCUT2D eigenvalue weighted by Crippen LogP contribution is 2.55. The number of thiophene rings is 1. The molecule has 0 N–H and O–H groups in total. The van der Waals surface area contributed by atoms with Crippen LogP contribution in [0.4, 0.5) is 0 Å². The molecule has 0 fully saturated rings. The zero-order chi connectivity index (χ0) is 25.8. The smallest absolute Gasteiger partial charge is 0.0436 e. The summed E-state index contributed by atoms with van der Waals surface area (Å²) in [5, 5.41) is 2.82. The van der Waals surface area contributed by atoms with Crippen LogP contribution in [-0.2, 0) is 0 Å². The van der Waals surface area contributed by atoms with Gasteiger partial charge < -0.3 is 0 Å². The van der Waals surface area contributed by atoms with E-state index in [1.165, 1.54) is 70.6 Å². The molecule has 1 aliphatic rings. The second-order valence-corrected chi connectivity index (χ2v) is 11.7. The molecule has 1 aliphatic carbocycles. The van der Waals surface area contributed by atoms with Crippen LogP contribution in [0.3, 0.4) is 0 Å². The maximum absolute atomic E-state index is 2.38. The van der Waals surface area contributed by atoms with Gasteiger partial charge in [0, 0.05) is 32.0 Å². The Balaban J connectivity index is 1.58. The lowest BCUT2D eigenvalue weighted by molar-refractivity contribution is 0.854. The fraction of sp³-hybridized carbons (Fsp3) is 0.135. The first-order valence-electron chi connectivity index (χ1n) is 13.6. The van der Waals surface area contributed by atoms with Crippen LogP contribution in [0.25, 0.3) is 53.9 Å². The van der Waals surface area contributed by atoms with Gasteiger partial charge in [-0.3, -0.25) is 0 Å². The highest BCUT2D eigenvalue weighted by atomic mass is 32.1. The van der Waals surface area contributed by atoms with Crippen molar-refractivity contribution < 1.29 is 0 Å². The molecule has 1 atom stereocenters. The van der Waals surface area contributed by atoms with Crippen molar-refractivity contribution in [1.82, 2.24) is 0 Å². The molecule has 0 saturated heterocycles. The second kappa shape index (κ2) is 9.11. The van der Waals surface area contributed by atoms with Crippen LogP contribution in [0.1, 0.15) is 49.3 Å². The van der Waals surface area contributed by atoms with E-state index in [-0.39, 0.29) is 0 Å². The molecule has 0 radical (unpaired) electrons. The van der Waals surface area contributed by atoms with Gasteiger partial charge in [-0.05, 0) is 50.4 Å². The van der Waals surface area contributed by atoms with Crippen molar-refractivity contribution >= 4 is 22.1 Å². The molecule has 1 heterocycles. The minimum atomic E-state index is 0.381. The Bertz CT molecular complexity index is 1790. The topological polar surface area (TPSA) is 0 Å². The van der Waals surface area contributed by atoms with Crippen LogP contribution < -0.4 is 0 Å². The van der Waals surface area contributed by atoms with Crippen LogP contribution in [0.5, 0.6) is 0 Å². The molecular weight excluding hydrogens is 476 g/mol. The van der Waals surface area contributed by atoms with Crippen molar-refractivity contribution in [3.8, 4) is 43.1 Å². The molecule has 5 aromatic carbocycles. The van der Waals surface area contributed by atoms with Crippen LogP contribution >= 0.6 is 11.3 Å². The van der Waals surface area contributed by atoms with Crippen LogP contribution in [0.15, 0.2) is 115 Å². The lowest BCUT2D eigenvalue weighted by Crippen LogP contribution is -2.07. The Morgan fingerprint density at radius 3 is 1.92 bits per heavy atom. The van der Waals surface area contributed by atoms with E-state index in [2.05, 4.69) is 136 Å². The predicted molar refractivity (Wildman–Crippen MR) is 165 cm³/mol. The van der Waals surface area contributed by atoms with Gasteiger partial charge in [0.25, 0.3) is 0 Å². The Labute approximate surface area is 229 Å². The maximum atomic E-state index is 2.38. The van der Waals surface area contributed by atoms with E-state index in [1.54, 1.807) is 0 Å². The first-order valence-corrected chi connectivity index (χ1v) is 14.4. The molecule has 1 heteroatoms. The SMILES string of the molecule is CC(C)c1cccc2c1-c1sc(-c3cccc(-c4ccccc4)c3-c3ccccc3)c3cccc(c13)C2C. The molecule has 0 amide bonds. The fourth-order valence-corrected chi connectivity index (χ4v) is 7.77. The summed E-state index contributed by atoms with van der Waals surface area (Å²) in [5.41, 5.74) is 12.3. The molecular formula is C37H30S. The van der Waals surface area contributed by atoms with Gasteiger partial charge in [-0.25, -0.2) is 0 Å². The summed E-state index contributed by atoms with van der Waals surface area (Å²) < 4.78 is 0. The molecule has 38 heavy (non-hydrogen) atoms. The fourth-order valence-electron chi connectivity index (χ4n) is 6.33. The Hall–Kier alpha value is -3.94. The highest BCUT2D eigenvalue weighted by molar-refractivity contribution is 7.21. The maximum Gasteiger partial charge on any atom is 0.0436 e. The van der Waals surface area contributed by atoms with Gasteiger partial charge in [0.15, 0.2) is 0 Å². The quantitative estimate of drug-likeness (QED) is 0.223. The van der Waals surface area contributed by atoms with Gasteiger partial charge in [-0.1, -0.05) is 136 Å². The summed E-state index contributed by atoms with van der Waals surface area (Å²) in [5.74, 6) is 0.857. The normalized spacial score (nSPS) is 14.2. The Morgan fingerprint density at radius 2 is 1.18 bits per heavy atom. The molecule has 7 rings (SSSR count). The molecule has 0 saturated carbocycles. The van der Waals surface area contributed by atoms with Gasteiger partial charge in [0.05, 0.1) is 0 Å². The minimum Gasteiger partial charge on any atom is -0.134 e. The Kier molecular flexibility index (Phi) is 5.56. The van der Waals surface area contributed by atoms with E-state index in [1.807, 2.05) is 11.3 Å². The average Bonchev–Trinajstić information content (AvgIpc) is 3.36. The third-order valence-corrected chi connectivity index (χ3v) is 9.40. The standard InChI is InChI=1S/C37H30S/c1-23(2)27-17-10-18-28-24(3)29-19-11-22-32-35(29)37(34(27)28)38-36(32)31-21-12-20-30(25-13-6-4-7-14-25)33(31)26-15-8-5-9-16-26/h4-24H,1-3H3. The van der Waals surface area contributed by atoms with Crippen LogP contribution in [-0.4, -0.2) is 0 Å². The van der Waals surface area contributed by atoms with Gasteiger partial charge in [0.1, 0.15) is 0 Å². The largest absolute Gasteiger partial charge is 0.134 e. The molecule has 0 aliphatic heterocycles. The molecule has 184 valence electrons. The van der Waals surface area contributed by atoms with E-state index < -0.39 is 0 Å². The molecule has 0 bridgehead atoms. The van der Waals surface area contributed by atoms with Crippen molar-refractivity contribution in [2.75, 3.05) is 0 Å². The van der Waals surface area contributed by atoms with E-state index in [9.17, 15) is 0 Å². The summed E-state index contributed by atoms with van der Waals surface area (Å²) >= 11 is 1.98. The summed E-state index contributed by atoms with van der Waals surface area (Å²) in [6, 6.07) is 42.4. The average molecular weight is 507 g/mol. The lowest BCUT2D eigenvalue weighted by Gasteiger charge is -2.26. The van der Waals surface area contributed by atoms with Crippen molar-refractivity contribution in [2.24, 2.45) is 0 Å². The molecule has 6 aromatic rings. The first kappa shape index (κ1) is 23.2.